The first kappa shape index (κ1) is 39.9. The van der Waals surface area contributed by atoms with Gasteiger partial charge in [-0.15, -0.1) is 11.3 Å². The molecular formula is C58H61N2S+. The molecule has 10 rings (SSSR count). The molecule has 0 saturated heterocycles. The molecule has 0 fully saturated rings. The average Bonchev–Trinajstić information content (AvgIpc) is 3.73. The van der Waals surface area contributed by atoms with E-state index in [2.05, 4.69) is 195 Å². The predicted molar refractivity (Wildman–Crippen MR) is 266 cm³/mol. The molecule has 9 aromatic rings. The number of rotatable bonds is 9. The Balaban J connectivity index is 1.40. The maximum atomic E-state index is 2.65. The van der Waals surface area contributed by atoms with Crippen LogP contribution in [0.3, 0.4) is 0 Å². The van der Waals surface area contributed by atoms with Gasteiger partial charge in [-0.05, 0) is 126 Å². The molecule has 61 heavy (non-hydrogen) atoms. The van der Waals surface area contributed by atoms with Crippen LogP contribution in [0.2, 0.25) is 0 Å². The van der Waals surface area contributed by atoms with Gasteiger partial charge < -0.3 is 0 Å². The molecule has 3 aromatic heterocycles. The number of hydrogen-bond acceptors (Lipinski definition) is 1. The van der Waals surface area contributed by atoms with E-state index in [1.165, 1.54) is 120 Å². The molecule has 4 heterocycles. The lowest BCUT2D eigenvalue weighted by Gasteiger charge is -2.22. The molecule has 3 heteroatoms. The van der Waals surface area contributed by atoms with E-state index in [0.717, 1.165) is 6.67 Å². The van der Waals surface area contributed by atoms with Crippen molar-refractivity contribution in [3.05, 3.63) is 137 Å². The molecule has 2 nitrogen and oxygen atoms in total. The number of thiophene rings is 1. The number of benzene rings is 6. The first-order valence-corrected chi connectivity index (χ1v) is 23.8. The second-order valence-electron chi connectivity index (χ2n) is 19.8. The Kier molecular flexibility index (Phi) is 9.60. The third-order valence-electron chi connectivity index (χ3n) is 13.9. The standard InChI is InChI=1S/C58H61N2S/c1-31(2)38-16-13-17-39(32(3)4)51(38)37-22-24-49-46(28-37)48-29-47(53-42(35(9)10)20-15-21-43(53)36(11)12)44-23-25-50-55-54(44)56(48)60(49)30-59-27-26-45(58(61-50)57(55)59)52-40(33(5)6)18-14-19-41(52)34(7)8/h13-29,31-36H,30H2,1-12H3/q+1. The molecule has 0 unspecified atom stereocenters. The summed E-state index contributed by atoms with van der Waals surface area (Å²) in [6.45, 7) is 29.0. The average molecular weight is 818 g/mol. The minimum absolute atomic E-state index is 0.386. The van der Waals surface area contributed by atoms with Crippen LogP contribution in [-0.2, 0) is 6.67 Å². The van der Waals surface area contributed by atoms with Crippen LogP contribution in [0.4, 0.5) is 0 Å². The van der Waals surface area contributed by atoms with Crippen molar-refractivity contribution in [1.29, 1.82) is 0 Å². The summed E-state index contributed by atoms with van der Waals surface area (Å²) in [7, 11) is 0. The van der Waals surface area contributed by atoms with E-state index in [4.69, 9.17) is 0 Å². The summed E-state index contributed by atoms with van der Waals surface area (Å²) >= 11 is 1.99. The van der Waals surface area contributed by atoms with Gasteiger partial charge in [0.25, 0.3) is 0 Å². The van der Waals surface area contributed by atoms with E-state index in [1.54, 1.807) is 0 Å². The number of pyridine rings is 1. The molecule has 0 N–H and O–H groups in total. The normalized spacial score (nSPS) is 13.1. The van der Waals surface area contributed by atoms with Crippen molar-refractivity contribution >= 4 is 64.2 Å². The summed E-state index contributed by atoms with van der Waals surface area (Å²) < 4.78 is 7.99. The van der Waals surface area contributed by atoms with Gasteiger partial charge in [0.15, 0.2) is 6.20 Å². The molecule has 6 aromatic carbocycles. The number of nitrogens with zero attached hydrogens (tertiary/aromatic N) is 2. The topological polar surface area (TPSA) is 8.81 Å². The fourth-order valence-electron chi connectivity index (χ4n) is 11.0. The molecule has 0 saturated carbocycles. The van der Waals surface area contributed by atoms with Gasteiger partial charge >= 0.3 is 0 Å². The van der Waals surface area contributed by atoms with E-state index < -0.39 is 0 Å². The van der Waals surface area contributed by atoms with Crippen molar-refractivity contribution in [1.82, 2.24) is 4.57 Å². The number of hydrogen-bond donors (Lipinski definition) is 0. The zero-order valence-electron chi connectivity index (χ0n) is 38.3. The maximum absolute atomic E-state index is 2.65. The second-order valence-corrected chi connectivity index (χ2v) is 20.9. The van der Waals surface area contributed by atoms with E-state index in [0.29, 0.717) is 35.5 Å². The van der Waals surface area contributed by atoms with Crippen molar-refractivity contribution in [3.63, 3.8) is 0 Å². The highest BCUT2D eigenvalue weighted by atomic mass is 32.1. The Labute approximate surface area is 366 Å². The van der Waals surface area contributed by atoms with Gasteiger partial charge in [-0.25, -0.2) is 0 Å². The fraction of sp³-hybridized carbons (Fsp3) is 0.328. The zero-order chi connectivity index (χ0) is 42.8. The maximum Gasteiger partial charge on any atom is 0.234 e. The van der Waals surface area contributed by atoms with Gasteiger partial charge in [-0.2, -0.15) is 4.57 Å². The Morgan fingerprint density at radius 2 is 0.984 bits per heavy atom. The fourth-order valence-corrected chi connectivity index (χ4v) is 12.3. The zero-order valence-corrected chi connectivity index (χ0v) is 39.1. The van der Waals surface area contributed by atoms with Gasteiger partial charge in [-0.3, -0.25) is 4.57 Å². The van der Waals surface area contributed by atoms with Crippen molar-refractivity contribution in [2.24, 2.45) is 0 Å². The highest BCUT2D eigenvalue weighted by Crippen LogP contribution is 2.52. The summed E-state index contributed by atoms with van der Waals surface area (Å²) in [6.07, 6.45) is 2.40. The lowest BCUT2D eigenvalue weighted by molar-refractivity contribution is -0.674. The highest BCUT2D eigenvalue weighted by Gasteiger charge is 2.32. The number of aromatic nitrogens is 2. The van der Waals surface area contributed by atoms with Crippen LogP contribution in [-0.4, -0.2) is 4.57 Å². The van der Waals surface area contributed by atoms with Crippen molar-refractivity contribution < 1.29 is 4.57 Å². The van der Waals surface area contributed by atoms with Crippen molar-refractivity contribution in [2.75, 3.05) is 0 Å². The number of fused-ring (bicyclic) bond motifs is 3. The van der Waals surface area contributed by atoms with Crippen LogP contribution in [0.25, 0.3) is 86.3 Å². The van der Waals surface area contributed by atoms with Gasteiger partial charge in [0.1, 0.15) is 4.70 Å². The predicted octanol–water partition coefficient (Wildman–Crippen LogP) is 17.2. The molecule has 0 bridgehead atoms. The lowest BCUT2D eigenvalue weighted by atomic mass is 9.82. The second kappa shape index (κ2) is 14.7. The quantitative estimate of drug-likeness (QED) is 0.128. The molecule has 0 amide bonds. The minimum Gasteiger partial charge on any atom is -0.284 e. The first-order chi connectivity index (χ1) is 29.3. The molecular weight excluding hydrogens is 757 g/mol. The van der Waals surface area contributed by atoms with E-state index in [1.807, 2.05) is 11.3 Å². The summed E-state index contributed by atoms with van der Waals surface area (Å²) in [4.78, 5) is 0. The molecule has 1 aliphatic heterocycles. The molecule has 308 valence electrons. The van der Waals surface area contributed by atoms with Crippen LogP contribution in [0.1, 0.15) is 152 Å². The summed E-state index contributed by atoms with van der Waals surface area (Å²) in [5.74, 6) is 2.45. The first-order valence-electron chi connectivity index (χ1n) is 23.0. The van der Waals surface area contributed by atoms with E-state index >= 15 is 0 Å². The van der Waals surface area contributed by atoms with E-state index in [-0.39, 0.29) is 0 Å². The van der Waals surface area contributed by atoms with Crippen LogP contribution in [0, 0.1) is 0 Å². The molecule has 0 spiro atoms. The van der Waals surface area contributed by atoms with Crippen LogP contribution >= 0.6 is 11.3 Å². The Bertz CT molecular complexity index is 3160. The minimum atomic E-state index is 0.386. The smallest absolute Gasteiger partial charge is 0.234 e. The molecule has 0 radical (unpaired) electrons. The Morgan fingerprint density at radius 3 is 1.51 bits per heavy atom. The van der Waals surface area contributed by atoms with Crippen molar-refractivity contribution in [2.45, 2.75) is 125 Å². The molecule has 0 aliphatic carbocycles. The van der Waals surface area contributed by atoms with Crippen LogP contribution in [0.5, 0.6) is 0 Å². The summed E-state index contributed by atoms with van der Waals surface area (Å²) in [6, 6.07) is 38.4. The van der Waals surface area contributed by atoms with Gasteiger partial charge in [0.05, 0.1) is 16.4 Å². The van der Waals surface area contributed by atoms with Crippen molar-refractivity contribution in [3.8, 4) is 33.4 Å². The van der Waals surface area contributed by atoms with Gasteiger partial charge in [-0.1, -0.05) is 150 Å². The Hall–Kier alpha value is -5.25. The molecule has 0 atom stereocenters. The summed E-state index contributed by atoms with van der Waals surface area (Å²) in [5, 5.41) is 6.86. The van der Waals surface area contributed by atoms with Crippen LogP contribution in [0.15, 0.2) is 103 Å². The van der Waals surface area contributed by atoms with E-state index in [9.17, 15) is 0 Å². The monoisotopic (exact) mass is 817 g/mol. The van der Waals surface area contributed by atoms with Gasteiger partial charge in [0, 0.05) is 32.5 Å². The summed E-state index contributed by atoms with van der Waals surface area (Å²) in [5.41, 5.74) is 20.9. The third kappa shape index (κ3) is 5.97. The Morgan fingerprint density at radius 1 is 0.475 bits per heavy atom. The lowest BCUT2D eigenvalue weighted by Crippen LogP contribution is -2.37. The van der Waals surface area contributed by atoms with Crippen LogP contribution < -0.4 is 4.57 Å². The SMILES string of the molecule is CC(C)c1cccc(C(C)C)c1-c1ccc2c(c1)c1cc(-c3c(C(C)C)cccc3C(C)C)c3ccc4sc5c(-c6c(C(C)C)cccc6C(C)C)cc[n+]6c5c4c3c1n2C6. The van der Waals surface area contributed by atoms with Gasteiger partial charge in [0.2, 0.25) is 12.2 Å². The third-order valence-corrected chi connectivity index (χ3v) is 15.1. The largest absolute Gasteiger partial charge is 0.284 e. The highest BCUT2D eigenvalue weighted by molar-refractivity contribution is 7.26. The molecule has 1 aliphatic rings.